The molecule has 29 heavy (non-hydrogen) atoms. The lowest BCUT2D eigenvalue weighted by Crippen LogP contribution is -2.37. The van der Waals surface area contributed by atoms with E-state index in [1.54, 1.807) is 0 Å². The topological polar surface area (TPSA) is 78.5 Å². The summed E-state index contributed by atoms with van der Waals surface area (Å²) in [5, 5.41) is 3.07. The predicted molar refractivity (Wildman–Crippen MR) is 114 cm³/mol. The minimum Gasteiger partial charge on any atom is -0.348 e. The second-order valence-electron chi connectivity index (χ2n) is 7.21. The minimum absolute atomic E-state index is 0.0753. The molecule has 1 fully saturated rings. The first kappa shape index (κ1) is 21.2. The number of carbonyl (C=O) groups excluding carboxylic acids is 1. The van der Waals surface area contributed by atoms with Gasteiger partial charge in [0, 0.05) is 37.3 Å². The number of carbonyl (C=O) groups is 1. The fourth-order valence-corrected chi connectivity index (χ4v) is 4.50. The molecule has 1 heterocycles. The number of hydrogen-bond acceptors (Lipinski definition) is 4. The number of nitrogens with one attached hydrogen (secondary N) is 2. The van der Waals surface area contributed by atoms with E-state index < -0.39 is 10.0 Å². The average molecular weight is 414 g/mol. The lowest BCUT2D eigenvalue weighted by atomic mass is 10.1. The molecule has 1 saturated heterocycles. The van der Waals surface area contributed by atoms with E-state index in [1.807, 2.05) is 18.2 Å². The van der Waals surface area contributed by atoms with E-state index in [0.717, 1.165) is 19.5 Å². The summed E-state index contributed by atoms with van der Waals surface area (Å²) in [6.45, 7) is 7.55. The molecule has 2 N–H and O–H groups in total. The largest absolute Gasteiger partial charge is 0.348 e. The molecule has 2 unspecified atom stereocenters. The Bertz CT molecular complexity index is 943. The van der Waals surface area contributed by atoms with Crippen LogP contribution in [-0.4, -0.2) is 44.9 Å². The summed E-state index contributed by atoms with van der Waals surface area (Å²) in [6.07, 6.45) is 2.36. The van der Waals surface area contributed by atoms with Crippen molar-refractivity contribution in [1.29, 1.82) is 0 Å². The summed E-state index contributed by atoms with van der Waals surface area (Å²) in [5.41, 5.74) is 1.71. The molecule has 3 rings (SSSR count). The lowest BCUT2D eigenvalue weighted by Gasteiger charge is -2.24. The first-order valence-corrected chi connectivity index (χ1v) is 11.2. The van der Waals surface area contributed by atoms with Crippen molar-refractivity contribution in [3.63, 3.8) is 0 Å². The van der Waals surface area contributed by atoms with Gasteiger partial charge in [0.1, 0.15) is 0 Å². The number of amides is 1. The first-order valence-electron chi connectivity index (χ1n) is 9.71. The van der Waals surface area contributed by atoms with E-state index in [-0.39, 0.29) is 23.4 Å². The molecule has 0 bridgehead atoms. The highest BCUT2D eigenvalue weighted by Crippen LogP contribution is 2.24. The van der Waals surface area contributed by atoms with E-state index in [4.69, 9.17) is 0 Å². The second kappa shape index (κ2) is 9.35. The van der Waals surface area contributed by atoms with Crippen LogP contribution in [-0.2, 0) is 10.0 Å². The van der Waals surface area contributed by atoms with Gasteiger partial charge in [0.2, 0.25) is 10.0 Å². The fourth-order valence-electron chi connectivity index (χ4n) is 3.51. The Morgan fingerprint density at radius 3 is 2.55 bits per heavy atom. The Hall–Kier alpha value is -2.48. The van der Waals surface area contributed by atoms with Gasteiger partial charge in [-0.15, -0.1) is 6.58 Å². The van der Waals surface area contributed by atoms with E-state index >= 15 is 0 Å². The molecule has 2 atom stereocenters. The summed E-state index contributed by atoms with van der Waals surface area (Å²) in [4.78, 5) is 15.1. The smallest absolute Gasteiger partial charge is 0.251 e. The third-order valence-electron chi connectivity index (χ3n) is 5.23. The van der Waals surface area contributed by atoms with Crippen molar-refractivity contribution in [2.45, 2.75) is 30.3 Å². The van der Waals surface area contributed by atoms with Gasteiger partial charge in [0.15, 0.2) is 0 Å². The van der Waals surface area contributed by atoms with Crippen LogP contribution in [0.15, 0.2) is 72.1 Å². The molecule has 0 radical (unpaired) electrons. The number of hydrogen-bond donors (Lipinski definition) is 2. The number of benzene rings is 2. The minimum atomic E-state index is -3.59. The van der Waals surface area contributed by atoms with Gasteiger partial charge < -0.3 is 5.32 Å². The third-order valence-corrected chi connectivity index (χ3v) is 6.67. The number of likely N-dealkylation sites (tertiary alicyclic amines) is 1. The molecule has 0 aliphatic carbocycles. The molecule has 0 spiro atoms. The molecular formula is C22H27N3O3S. The molecule has 0 aromatic heterocycles. The molecular weight excluding hydrogens is 386 g/mol. The summed E-state index contributed by atoms with van der Waals surface area (Å²) >= 11 is 0. The molecule has 2 aromatic rings. The van der Waals surface area contributed by atoms with Gasteiger partial charge in [-0.3, -0.25) is 9.69 Å². The van der Waals surface area contributed by atoms with E-state index in [0.29, 0.717) is 11.6 Å². The van der Waals surface area contributed by atoms with Gasteiger partial charge in [0.05, 0.1) is 4.90 Å². The molecule has 1 aliphatic rings. The van der Waals surface area contributed by atoms with Crippen LogP contribution in [0.25, 0.3) is 0 Å². The van der Waals surface area contributed by atoms with Crippen LogP contribution < -0.4 is 10.0 Å². The van der Waals surface area contributed by atoms with Crippen molar-refractivity contribution >= 4 is 15.9 Å². The van der Waals surface area contributed by atoms with Crippen LogP contribution in [0.2, 0.25) is 0 Å². The maximum atomic E-state index is 12.6. The Morgan fingerprint density at radius 2 is 1.90 bits per heavy atom. The zero-order valence-electron chi connectivity index (χ0n) is 16.5. The molecule has 6 nitrogen and oxygen atoms in total. The van der Waals surface area contributed by atoms with Gasteiger partial charge in [-0.05, 0) is 43.2 Å². The van der Waals surface area contributed by atoms with Gasteiger partial charge in [-0.2, -0.15) is 0 Å². The maximum Gasteiger partial charge on any atom is 0.251 e. The quantitative estimate of drug-likeness (QED) is 0.653. The standard InChI is InChI=1S/C22H27N3O3S/c1-3-14-23-29(27,28)21-11-9-19(10-12-21)22(26)24-20-13-15-25(16-20)17(2)18-7-5-4-6-8-18/h3-12,17,20,23H,1,13-16H2,2H3,(H,24,26). The van der Waals surface area contributed by atoms with E-state index in [9.17, 15) is 13.2 Å². The Labute approximate surface area is 172 Å². The highest BCUT2D eigenvalue weighted by atomic mass is 32.2. The summed E-state index contributed by atoms with van der Waals surface area (Å²) in [7, 11) is -3.59. The van der Waals surface area contributed by atoms with Crippen molar-refractivity contribution in [3.05, 3.63) is 78.4 Å². The van der Waals surface area contributed by atoms with E-state index in [1.165, 1.54) is 35.9 Å². The Balaban J connectivity index is 1.57. The summed E-state index contributed by atoms with van der Waals surface area (Å²) in [5.74, 6) is -0.188. The highest BCUT2D eigenvalue weighted by Gasteiger charge is 2.28. The SMILES string of the molecule is C=CCNS(=O)(=O)c1ccc(C(=O)NC2CCN(C(C)c3ccccc3)C2)cc1. The molecule has 1 amide bonds. The first-order chi connectivity index (χ1) is 13.9. The Kier molecular flexibility index (Phi) is 6.84. The van der Waals surface area contributed by atoms with Crippen molar-refractivity contribution in [1.82, 2.24) is 14.9 Å². The summed E-state index contributed by atoms with van der Waals surface area (Å²) in [6, 6.07) is 16.7. The number of sulfonamides is 1. The molecule has 2 aromatic carbocycles. The summed E-state index contributed by atoms with van der Waals surface area (Å²) < 4.78 is 26.6. The van der Waals surface area contributed by atoms with Gasteiger partial charge in [-0.25, -0.2) is 13.1 Å². The van der Waals surface area contributed by atoms with Crippen LogP contribution in [0, 0.1) is 0 Å². The van der Waals surface area contributed by atoms with Crippen LogP contribution >= 0.6 is 0 Å². The highest BCUT2D eigenvalue weighted by molar-refractivity contribution is 7.89. The van der Waals surface area contributed by atoms with Crippen molar-refractivity contribution in [3.8, 4) is 0 Å². The van der Waals surface area contributed by atoms with Gasteiger partial charge >= 0.3 is 0 Å². The fraction of sp³-hybridized carbons (Fsp3) is 0.318. The normalized spacial score (nSPS) is 18.3. The lowest BCUT2D eigenvalue weighted by molar-refractivity contribution is 0.0936. The van der Waals surface area contributed by atoms with Crippen molar-refractivity contribution < 1.29 is 13.2 Å². The van der Waals surface area contributed by atoms with Gasteiger partial charge in [-0.1, -0.05) is 36.4 Å². The van der Waals surface area contributed by atoms with Crippen LogP contribution in [0.1, 0.15) is 35.3 Å². The van der Waals surface area contributed by atoms with Crippen molar-refractivity contribution in [2.75, 3.05) is 19.6 Å². The number of nitrogens with zero attached hydrogens (tertiary/aromatic N) is 1. The van der Waals surface area contributed by atoms with Crippen LogP contribution in [0.5, 0.6) is 0 Å². The maximum absolute atomic E-state index is 12.6. The number of rotatable bonds is 8. The average Bonchev–Trinajstić information content (AvgIpc) is 3.21. The van der Waals surface area contributed by atoms with E-state index in [2.05, 4.69) is 40.6 Å². The zero-order chi connectivity index (χ0) is 20.9. The van der Waals surface area contributed by atoms with Crippen LogP contribution in [0.4, 0.5) is 0 Å². The molecule has 0 saturated carbocycles. The Morgan fingerprint density at radius 1 is 1.21 bits per heavy atom. The molecule has 7 heteroatoms. The monoisotopic (exact) mass is 413 g/mol. The predicted octanol–water partition coefficient (Wildman–Crippen LogP) is 2.72. The molecule has 154 valence electrons. The van der Waals surface area contributed by atoms with Crippen LogP contribution in [0.3, 0.4) is 0 Å². The van der Waals surface area contributed by atoms with Crippen molar-refractivity contribution in [2.24, 2.45) is 0 Å². The molecule has 1 aliphatic heterocycles. The second-order valence-corrected chi connectivity index (χ2v) is 8.97. The third kappa shape index (κ3) is 5.32. The zero-order valence-corrected chi connectivity index (χ0v) is 17.4. The van der Waals surface area contributed by atoms with Gasteiger partial charge in [0.25, 0.3) is 5.91 Å².